The number of carbonyl (C=O) groups is 4. The number of aryl methyl sites for hydroxylation is 1. The quantitative estimate of drug-likeness (QED) is 0.166. The van der Waals surface area contributed by atoms with E-state index >= 15 is 4.39 Å². The second-order valence-corrected chi connectivity index (χ2v) is 19.4. The van der Waals surface area contributed by atoms with Crippen molar-refractivity contribution in [3.63, 3.8) is 0 Å². The Morgan fingerprint density at radius 1 is 0.921 bits per heavy atom. The Balaban J connectivity index is 0.801. The Bertz CT molecular complexity index is 2580. The van der Waals surface area contributed by atoms with E-state index in [1.54, 1.807) is 35.9 Å². The van der Waals surface area contributed by atoms with Crippen molar-refractivity contribution >= 4 is 63.6 Å². The van der Waals surface area contributed by atoms with Crippen molar-refractivity contribution in [2.45, 2.75) is 118 Å². The third kappa shape index (κ3) is 7.02. The summed E-state index contributed by atoms with van der Waals surface area (Å²) in [5.74, 6) is -2.54. The van der Waals surface area contributed by atoms with E-state index in [4.69, 9.17) is 27.9 Å². The van der Waals surface area contributed by atoms with E-state index in [2.05, 4.69) is 38.3 Å². The number of imide groups is 1. The number of amides is 4. The van der Waals surface area contributed by atoms with E-state index in [-0.39, 0.29) is 52.6 Å². The van der Waals surface area contributed by atoms with E-state index in [1.165, 1.54) is 10.6 Å². The van der Waals surface area contributed by atoms with Crippen LogP contribution in [0.2, 0.25) is 10.0 Å². The fraction of sp³-hybridized carbons (Fsp3) is 0.511. The van der Waals surface area contributed by atoms with E-state index < -0.39 is 40.7 Å². The van der Waals surface area contributed by atoms with Crippen molar-refractivity contribution < 1.29 is 28.3 Å². The Morgan fingerprint density at radius 3 is 2.46 bits per heavy atom. The van der Waals surface area contributed by atoms with Crippen molar-refractivity contribution in [1.82, 2.24) is 30.0 Å². The zero-order valence-corrected chi connectivity index (χ0v) is 36.7. The third-order valence-electron chi connectivity index (χ3n) is 15.2. The molecule has 6 aliphatic rings. The molecule has 1 saturated carbocycles. The van der Waals surface area contributed by atoms with Gasteiger partial charge in [0.2, 0.25) is 23.6 Å². The molecule has 16 heteroatoms. The van der Waals surface area contributed by atoms with Gasteiger partial charge in [-0.2, -0.15) is 0 Å². The largest absolute Gasteiger partial charge is 0.375 e. The minimum Gasteiger partial charge on any atom is -0.375 e. The molecule has 4 aromatic rings. The number of hydrogen-bond acceptors (Lipinski definition) is 8. The summed E-state index contributed by atoms with van der Waals surface area (Å²) in [4.78, 5) is 69.5. The van der Waals surface area contributed by atoms with E-state index in [0.717, 1.165) is 69.2 Å². The first-order chi connectivity index (χ1) is 30.4. The summed E-state index contributed by atoms with van der Waals surface area (Å²) in [7, 11) is 1.72. The molecule has 4 amide bonds. The number of anilines is 1. The zero-order chi connectivity index (χ0) is 43.8. The van der Waals surface area contributed by atoms with Gasteiger partial charge in [-0.05, 0) is 111 Å². The number of hydrogen-bond donors (Lipinski definition) is 4. The number of ether oxygens (including phenoxy) is 1. The molecular formula is C47H52Cl2FN7O6. The molecule has 0 bridgehead atoms. The lowest BCUT2D eigenvalue weighted by Gasteiger charge is -2.47. The summed E-state index contributed by atoms with van der Waals surface area (Å²) in [6.45, 7) is 2.89. The number of fused-ring (bicyclic) bond motifs is 4. The first-order valence-corrected chi connectivity index (χ1v) is 23.2. The molecule has 0 radical (unpaired) electrons. The van der Waals surface area contributed by atoms with Crippen LogP contribution in [0.15, 0.2) is 59.4 Å². The van der Waals surface area contributed by atoms with Crippen molar-refractivity contribution in [3.05, 3.63) is 97.6 Å². The van der Waals surface area contributed by atoms with E-state index in [0.29, 0.717) is 60.0 Å². The van der Waals surface area contributed by atoms with E-state index in [1.807, 2.05) is 12.1 Å². The normalized spacial score (nSPS) is 28.7. The fourth-order valence-electron chi connectivity index (χ4n) is 12.2. The molecule has 4 saturated heterocycles. The SMILES string of the molecule is Cn1c(=O)n(C2CCC(=O)NC2=O)c2ccc(C3CCN(C[C@@H]4CC[C@@H](NC(=O)[C@@H]5NC6(CCCCC6)[C@@]6(C(=O)Nc7cc(Cl)ccc76)[C@H]5c5cccc(Cl)c5F)CO4)CC3)cc21. The average Bonchev–Trinajstić information content (AvgIpc) is 3.83. The molecule has 63 heavy (non-hydrogen) atoms. The Morgan fingerprint density at radius 2 is 1.71 bits per heavy atom. The number of aromatic nitrogens is 2. The lowest BCUT2D eigenvalue weighted by atomic mass is 9.55. The van der Waals surface area contributed by atoms with Crippen LogP contribution in [-0.2, 0) is 36.4 Å². The number of carbonyl (C=O) groups excluding carboxylic acids is 4. The molecule has 3 aromatic carbocycles. The van der Waals surface area contributed by atoms with Gasteiger partial charge in [0.05, 0.1) is 40.9 Å². The number of rotatable bonds is 7. The predicted molar refractivity (Wildman–Crippen MR) is 237 cm³/mol. The van der Waals surface area contributed by atoms with Crippen LogP contribution >= 0.6 is 23.2 Å². The summed E-state index contributed by atoms with van der Waals surface area (Å²) < 4.78 is 25.8. The molecule has 2 spiro atoms. The zero-order valence-electron chi connectivity index (χ0n) is 35.2. The van der Waals surface area contributed by atoms with Crippen LogP contribution in [0.5, 0.6) is 0 Å². The van der Waals surface area contributed by atoms with Gasteiger partial charge in [0.25, 0.3) is 0 Å². The molecular weight excluding hydrogens is 848 g/mol. The first-order valence-electron chi connectivity index (χ1n) is 22.4. The molecule has 4 N–H and O–H groups in total. The van der Waals surface area contributed by atoms with Crippen molar-refractivity contribution in [3.8, 4) is 0 Å². The number of nitrogens with zero attached hydrogens (tertiary/aromatic N) is 3. The van der Waals surface area contributed by atoms with Crippen LogP contribution in [0.4, 0.5) is 10.1 Å². The maximum Gasteiger partial charge on any atom is 0.329 e. The number of likely N-dealkylation sites (tertiary alicyclic amines) is 1. The van der Waals surface area contributed by atoms with Crippen LogP contribution in [0.1, 0.15) is 105 Å². The Hall–Kier alpha value is -4.60. The second kappa shape index (κ2) is 16.4. The summed E-state index contributed by atoms with van der Waals surface area (Å²) in [6.07, 6.45) is 7.88. The van der Waals surface area contributed by atoms with Crippen LogP contribution in [-0.4, -0.2) is 87.6 Å². The minimum absolute atomic E-state index is 0.00446. The second-order valence-electron chi connectivity index (χ2n) is 18.6. The van der Waals surface area contributed by atoms with Crippen LogP contribution < -0.4 is 27.0 Å². The summed E-state index contributed by atoms with van der Waals surface area (Å²) in [5, 5.41) is 12.8. The number of imidazole rings is 1. The fourth-order valence-corrected chi connectivity index (χ4v) is 12.5. The molecule has 1 aliphatic carbocycles. The molecule has 6 atom stereocenters. The Kier molecular flexibility index (Phi) is 11.1. The highest BCUT2D eigenvalue weighted by Crippen LogP contribution is 2.63. The molecule has 10 rings (SSSR count). The lowest BCUT2D eigenvalue weighted by molar-refractivity contribution is -0.136. The highest BCUT2D eigenvalue weighted by atomic mass is 35.5. The molecule has 5 aliphatic heterocycles. The van der Waals surface area contributed by atoms with E-state index in [9.17, 15) is 24.0 Å². The maximum absolute atomic E-state index is 16.3. The summed E-state index contributed by atoms with van der Waals surface area (Å²) in [5.41, 5.74) is 1.76. The van der Waals surface area contributed by atoms with Gasteiger partial charge in [-0.1, -0.05) is 66.7 Å². The van der Waals surface area contributed by atoms with Gasteiger partial charge in [-0.3, -0.25) is 38.9 Å². The lowest BCUT2D eigenvalue weighted by Crippen LogP contribution is -2.60. The number of benzene rings is 3. The molecule has 332 valence electrons. The minimum atomic E-state index is -1.29. The predicted octanol–water partition coefficient (Wildman–Crippen LogP) is 5.96. The number of piperidine rings is 2. The van der Waals surface area contributed by atoms with Crippen molar-refractivity contribution in [2.75, 3.05) is 31.6 Å². The van der Waals surface area contributed by atoms with Crippen LogP contribution in [0, 0.1) is 5.82 Å². The molecule has 1 unspecified atom stereocenters. The topological polar surface area (TPSA) is 156 Å². The first kappa shape index (κ1) is 42.4. The molecule has 1 aromatic heterocycles. The standard InChI is InChI=1S/C47H52Cl2FN7O6/c1-55-37-22-27(8-13-35(37)57(45(55)62)36-14-15-38(58)53-42(36)59)26-16-20-56(21-17-26)24-30-11-10-29(25-63-30)51-43(60)41-39(31-6-5-7-33(49)40(31)50)47(46(54-41)18-3-2-4-19-46)32-12-9-28(48)23-34(32)52-44(47)61/h5-9,12-13,22-23,26,29-30,36,39,41,54H,2-4,10-11,14-21,24-25H2,1H3,(H,51,60)(H,52,61)(H,53,58,59)/t29-,30+,36?,39+,41-,47-/m1/s1. The maximum atomic E-state index is 16.3. The van der Waals surface area contributed by atoms with Gasteiger partial charge in [-0.25, -0.2) is 9.18 Å². The number of nitrogens with one attached hydrogen (secondary N) is 4. The van der Waals surface area contributed by atoms with Gasteiger partial charge in [0.1, 0.15) is 17.3 Å². The van der Waals surface area contributed by atoms with Crippen LogP contribution in [0.25, 0.3) is 11.0 Å². The van der Waals surface area contributed by atoms with Crippen LogP contribution in [0.3, 0.4) is 0 Å². The van der Waals surface area contributed by atoms with Crippen molar-refractivity contribution in [1.29, 1.82) is 0 Å². The smallest absolute Gasteiger partial charge is 0.329 e. The highest BCUT2D eigenvalue weighted by Gasteiger charge is 2.72. The van der Waals surface area contributed by atoms with Gasteiger partial charge < -0.3 is 20.3 Å². The van der Waals surface area contributed by atoms with Gasteiger partial charge in [0.15, 0.2) is 0 Å². The third-order valence-corrected chi connectivity index (χ3v) is 15.7. The highest BCUT2D eigenvalue weighted by molar-refractivity contribution is 6.31. The summed E-state index contributed by atoms with van der Waals surface area (Å²) >= 11 is 12.8. The average molecular weight is 901 g/mol. The summed E-state index contributed by atoms with van der Waals surface area (Å²) in [6, 6.07) is 14.3. The molecule has 13 nitrogen and oxygen atoms in total. The monoisotopic (exact) mass is 899 g/mol. The molecule has 5 fully saturated rings. The van der Waals surface area contributed by atoms with Crippen molar-refractivity contribution in [2.24, 2.45) is 7.05 Å². The van der Waals surface area contributed by atoms with Gasteiger partial charge in [-0.15, -0.1) is 0 Å². The van der Waals surface area contributed by atoms with Gasteiger partial charge in [0, 0.05) is 42.2 Å². The Labute approximate surface area is 374 Å². The molecule has 6 heterocycles. The van der Waals surface area contributed by atoms with Gasteiger partial charge >= 0.3 is 5.69 Å². The number of halogens is 3.